The molecule has 0 radical (unpaired) electrons. The van der Waals surface area contributed by atoms with Crippen LogP contribution < -0.4 is 0 Å². The van der Waals surface area contributed by atoms with E-state index in [0.717, 1.165) is 39.3 Å². The van der Waals surface area contributed by atoms with Crippen molar-refractivity contribution in [2.75, 3.05) is 7.11 Å². The molecule has 0 aliphatic carbocycles. The second-order valence-corrected chi connectivity index (χ2v) is 8.34. The quantitative estimate of drug-likeness (QED) is 0.404. The molecule has 166 valence electrons. The fourth-order valence-electron chi connectivity index (χ4n) is 3.62. The van der Waals surface area contributed by atoms with Crippen LogP contribution in [0.4, 0.5) is 4.79 Å². The number of methoxy groups -OCH3 is 1. The fraction of sp³-hybridized carbons (Fsp3) is 0.167. The minimum Gasteiger partial charge on any atom is -0.463 e. The van der Waals surface area contributed by atoms with Crippen molar-refractivity contribution in [2.24, 2.45) is 0 Å². The molecule has 0 N–H and O–H groups in total. The van der Waals surface area contributed by atoms with Gasteiger partial charge in [-0.1, -0.05) is 0 Å². The summed E-state index contributed by atoms with van der Waals surface area (Å²) in [6, 6.07) is 14.2. The van der Waals surface area contributed by atoms with E-state index in [-0.39, 0.29) is 12.3 Å². The number of rotatable bonds is 5. The number of aromatic nitrogens is 1. The molecule has 1 saturated heterocycles. The number of carbonyl (C=O) groups is 3. The Morgan fingerprint density at radius 3 is 2.58 bits per heavy atom. The first-order valence-electron chi connectivity index (χ1n) is 9.94. The maximum Gasteiger partial charge on any atom is 0.373 e. The Hall–Kier alpha value is -4.03. The number of esters is 1. The molecule has 2 aromatic heterocycles. The molecule has 0 spiro atoms. The summed E-state index contributed by atoms with van der Waals surface area (Å²) in [5, 5.41) is 8.60. The summed E-state index contributed by atoms with van der Waals surface area (Å²) in [5.74, 6) is -0.750. The van der Waals surface area contributed by atoms with Crippen LogP contribution in [0, 0.1) is 25.2 Å². The Labute approximate surface area is 194 Å². The predicted octanol–water partition coefficient (Wildman–Crippen LogP) is 4.58. The van der Waals surface area contributed by atoms with Crippen molar-refractivity contribution in [2.45, 2.75) is 20.4 Å². The summed E-state index contributed by atoms with van der Waals surface area (Å²) >= 11 is 0.858. The van der Waals surface area contributed by atoms with Gasteiger partial charge >= 0.3 is 5.97 Å². The van der Waals surface area contributed by atoms with Gasteiger partial charge in [0, 0.05) is 17.1 Å². The second-order valence-electron chi connectivity index (χ2n) is 7.35. The average Bonchev–Trinajstić information content (AvgIpc) is 3.47. The maximum atomic E-state index is 12.9. The molecule has 33 heavy (non-hydrogen) atoms. The number of hydrogen-bond acceptors (Lipinski definition) is 7. The maximum absolute atomic E-state index is 12.9. The van der Waals surface area contributed by atoms with E-state index in [1.807, 2.05) is 36.6 Å². The van der Waals surface area contributed by atoms with E-state index in [1.54, 1.807) is 18.2 Å². The van der Waals surface area contributed by atoms with Gasteiger partial charge in [0.25, 0.3) is 11.1 Å². The first-order chi connectivity index (χ1) is 15.8. The van der Waals surface area contributed by atoms with Crippen LogP contribution in [0.25, 0.3) is 11.8 Å². The lowest BCUT2D eigenvalue weighted by Gasteiger charge is -2.10. The van der Waals surface area contributed by atoms with Crippen LogP contribution in [0.2, 0.25) is 0 Å². The average molecular weight is 461 g/mol. The van der Waals surface area contributed by atoms with Crippen molar-refractivity contribution in [3.05, 3.63) is 81.4 Å². The highest BCUT2D eigenvalue weighted by Crippen LogP contribution is 2.35. The van der Waals surface area contributed by atoms with Crippen molar-refractivity contribution >= 4 is 35.0 Å². The first-order valence-corrected chi connectivity index (χ1v) is 10.8. The van der Waals surface area contributed by atoms with E-state index in [2.05, 4.69) is 10.8 Å². The molecule has 1 aliphatic rings. The third-order valence-electron chi connectivity index (χ3n) is 5.25. The Balaban J connectivity index is 1.58. The third kappa shape index (κ3) is 4.21. The molecule has 0 atom stereocenters. The lowest BCUT2D eigenvalue weighted by molar-refractivity contribution is -0.123. The predicted molar refractivity (Wildman–Crippen MR) is 122 cm³/mol. The van der Waals surface area contributed by atoms with E-state index < -0.39 is 17.1 Å². The zero-order valence-corrected chi connectivity index (χ0v) is 18.9. The topological polar surface area (TPSA) is 106 Å². The van der Waals surface area contributed by atoms with Gasteiger partial charge in [-0.3, -0.25) is 14.5 Å². The number of thioether (sulfide) groups is 1. The Morgan fingerprint density at radius 1 is 1.18 bits per heavy atom. The summed E-state index contributed by atoms with van der Waals surface area (Å²) in [5.41, 5.74) is 4.14. The summed E-state index contributed by atoms with van der Waals surface area (Å²) in [7, 11) is 1.24. The van der Waals surface area contributed by atoms with Crippen LogP contribution in [-0.2, 0) is 16.1 Å². The summed E-state index contributed by atoms with van der Waals surface area (Å²) in [6.45, 7) is 3.80. The Bertz CT molecular complexity index is 1340. The Kier molecular flexibility index (Phi) is 5.94. The summed E-state index contributed by atoms with van der Waals surface area (Å²) in [4.78, 5) is 38.3. The van der Waals surface area contributed by atoms with E-state index in [4.69, 9.17) is 9.68 Å². The van der Waals surface area contributed by atoms with Gasteiger partial charge in [-0.05, 0) is 79.7 Å². The van der Waals surface area contributed by atoms with Crippen molar-refractivity contribution in [3.8, 4) is 11.8 Å². The zero-order valence-electron chi connectivity index (χ0n) is 18.1. The lowest BCUT2D eigenvalue weighted by Crippen LogP contribution is -2.27. The Morgan fingerprint density at radius 2 is 1.91 bits per heavy atom. The second kappa shape index (κ2) is 8.84. The fourth-order valence-corrected chi connectivity index (χ4v) is 4.45. The monoisotopic (exact) mass is 461 g/mol. The van der Waals surface area contributed by atoms with Crippen LogP contribution in [0.3, 0.4) is 0 Å². The van der Waals surface area contributed by atoms with Gasteiger partial charge in [0.1, 0.15) is 5.76 Å². The largest absolute Gasteiger partial charge is 0.463 e. The molecule has 4 rings (SSSR count). The van der Waals surface area contributed by atoms with Crippen molar-refractivity contribution < 1.29 is 23.5 Å². The number of imide groups is 1. The molecule has 3 heterocycles. The molecule has 0 unspecified atom stereocenters. The first kappa shape index (κ1) is 22.2. The number of hydrogen-bond donors (Lipinski definition) is 0. The number of ether oxygens (including phenoxy) is 1. The van der Waals surface area contributed by atoms with Crippen molar-refractivity contribution in [1.82, 2.24) is 9.47 Å². The number of nitrogens with zero attached hydrogens (tertiary/aromatic N) is 3. The normalized spacial score (nSPS) is 14.7. The molecule has 9 heteroatoms. The summed E-state index contributed by atoms with van der Waals surface area (Å²) in [6.07, 6.45) is 1.70. The molecule has 2 amide bonds. The van der Waals surface area contributed by atoms with Gasteiger partial charge in [0.2, 0.25) is 5.76 Å². The minimum atomic E-state index is -0.632. The molecule has 0 saturated carbocycles. The van der Waals surface area contributed by atoms with Crippen LogP contribution in [0.5, 0.6) is 0 Å². The van der Waals surface area contributed by atoms with Gasteiger partial charge in [0.05, 0.1) is 30.2 Å². The highest BCUT2D eigenvalue weighted by Gasteiger charge is 2.36. The van der Waals surface area contributed by atoms with Crippen LogP contribution in [0.1, 0.15) is 38.8 Å². The molecule has 1 aliphatic heterocycles. The standard InChI is InChI=1S/C24H19N3O5S/c1-14-10-17(15(2)27(14)18-6-4-16(12-25)5-7-18)11-21-22(28)26(24(30)33-21)13-19-8-9-20(32-19)23(29)31-3/h4-11H,13H2,1-3H3. The molecule has 1 aromatic carbocycles. The van der Waals surface area contributed by atoms with Gasteiger partial charge in [-0.15, -0.1) is 0 Å². The number of aryl methyl sites for hydroxylation is 1. The number of amides is 2. The van der Waals surface area contributed by atoms with Gasteiger partial charge < -0.3 is 13.7 Å². The number of nitriles is 1. The minimum absolute atomic E-state index is 0.00487. The van der Waals surface area contributed by atoms with Gasteiger partial charge in [0.15, 0.2) is 0 Å². The SMILES string of the molecule is COC(=O)c1ccc(CN2C(=O)SC(=Cc3cc(C)n(-c4ccc(C#N)cc4)c3C)C2=O)o1. The van der Waals surface area contributed by atoms with Crippen LogP contribution >= 0.6 is 11.8 Å². The van der Waals surface area contributed by atoms with Gasteiger partial charge in [-0.2, -0.15) is 5.26 Å². The van der Waals surface area contributed by atoms with Gasteiger partial charge in [-0.25, -0.2) is 4.79 Å². The smallest absolute Gasteiger partial charge is 0.373 e. The lowest BCUT2D eigenvalue weighted by atomic mass is 10.2. The number of benzene rings is 1. The summed E-state index contributed by atoms with van der Waals surface area (Å²) < 4.78 is 12.0. The molecule has 0 bridgehead atoms. The number of carbonyl (C=O) groups excluding carboxylic acids is 3. The molecule has 1 fully saturated rings. The zero-order chi connectivity index (χ0) is 23.7. The van der Waals surface area contributed by atoms with E-state index in [1.165, 1.54) is 19.2 Å². The molecule has 8 nitrogen and oxygen atoms in total. The van der Waals surface area contributed by atoms with Crippen LogP contribution in [-0.4, -0.2) is 33.7 Å². The molecular weight excluding hydrogens is 442 g/mol. The van der Waals surface area contributed by atoms with Crippen molar-refractivity contribution in [3.63, 3.8) is 0 Å². The van der Waals surface area contributed by atoms with E-state index in [9.17, 15) is 14.4 Å². The molecular formula is C24H19N3O5S. The molecule has 3 aromatic rings. The number of furan rings is 1. The third-order valence-corrected chi connectivity index (χ3v) is 6.15. The van der Waals surface area contributed by atoms with E-state index >= 15 is 0 Å². The van der Waals surface area contributed by atoms with Crippen molar-refractivity contribution in [1.29, 1.82) is 5.26 Å². The highest BCUT2D eigenvalue weighted by atomic mass is 32.2. The van der Waals surface area contributed by atoms with Crippen LogP contribution in [0.15, 0.2) is 51.8 Å². The van der Waals surface area contributed by atoms with E-state index in [0.29, 0.717) is 16.2 Å². The highest BCUT2D eigenvalue weighted by molar-refractivity contribution is 8.18.